The molecule has 0 aromatic carbocycles. The average Bonchev–Trinajstić information content (AvgIpc) is 2.32. The van der Waals surface area contributed by atoms with E-state index in [0.29, 0.717) is 0 Å². The number of hydrogen-bond acceptors (Lipinski definition) is 6. The van der Waals surface area contributed by atoms with Gasteiger partial charge in [0.25, 0.3) is 0 Å². The molecule has 0 aromatic rings. The van der Waals surface area contributed by atoms with E-state index in [-0.39, 0.29) is 17.9 Å². The van der Waals surface area contributed by atoms with Gasteiger partial charge >= 0.3 is 18.0 Å². The number of nitrogens with two attached hydrogens (primary N) is 1. The molecule has 0 heterocycles. The van der Waals surface area contributed by atoms with E-state index in [1.165, 1.54) is 6.92 Å². The number of rotatable bonds is 5. The number of esters is 2. The van der Waals surface area contributed by atoms with E-state index in [2.05, 4.69) is 9.84 Å². The van der Waals surface area contributed by atoms with Crippen molar-refractivity contribution in [1.29, 1.82) is 0 Å². The molecule has 0 fully saturated rings. The van der Waals surface area contributed by atoms with Gasteiger partial charge in [0, 0.05) is 6.08 Å². The van der Waals surface area contributed by atoms with E-state index < -0.39 is 18.0 Å². The van der Waals surface area contributed by atoms with Crippen LogP contribution >= 0.6 is 0 Å². The van der Waals surface area contributed by atoms with Gasteiger partial charge in [0.15, 0.2) is 0 Å². The van der Waals surface area contributed by atoms with Crippen LogP contribution in [-0.2, 0) is 19.1 Å². The number of primary amides is 1. The molecule has 3 N–H and O–H groups in total. The number of urea groups is 1. The summed E-state index contributed by atoms with van der Waals surface area (Å²) in [5.74, 6) is -1.50. The Kier molecular flexibility index (Phi) is 6.79. The van der Waals surface area contributed by atoms with Crippen molar-refractivity contribution in [2.45, 2.75) is 13.8 Å². The van der Waals surface area contributed by atoms with Gasteiger partial charge in [-0.2, -0.15) is 5.10 Å². The molecule has 0 aliphatic rings. The van der Waals surface area contributed by atoms with E-state index >= 15 is 0 Å². The molecule has 2 amide bonds. The molecule has 100 valence electrons. The summed E-state index contributed by atoms with van der Waals surface area (Å²) >= 11 is 0. The van der Waals surface area contributed by atoms with Gasteiger partial charge in [-0.25, -0.2) is 19.8 Å². The van der Waals surface area contributed by atoms with E-state index in [0.717, 1.165) is 13.2 Å². The Morgan fingerprint density at radius 2 is 2.00 bits per heavy atom. The van der Waals surface area contributed by atoms with Crippen LogP contribution in [0.2, 0.25) is 0 Å². The number of carbonyl (C=O) groups is 3. The number of methoxy groups -OCH3 is 1. The molecule has 18 heavy (non-hydrogen) atoms. The second kappa shape index (κ2) is 7.82. The molecule has 0 saturated carbocycles. The summed E-state index contributed by atoms with van der Waals surface area (Å²) in [4.78, 5) is 33.1. The lowest BCUT2D eigenvalue weighted by Crippen LogP contribution is -2.27. The minimum absolute atomic E-state index is 0.0673. The van der Waals surface area contributed by atoms with E-state index in [1.54, 1.807) is 6.92 Å². The highest BCUT2D eigenvalue weighted by atomic mass is 16.5. The molecule has 0 aliphatic heterocycles. The second-order valence-electron chi connectivity index (χ2n) is 2.97. The van der Waals surface area contributed by atoms with Crippen molar-refractivity contribution < 1.29 is 23.9 Å². The standard InChI is InChI=1S/C10H15N3O5/c1-4-18-9(15)7(5-8(14)17-3)6(2)12-13-10(11)16/h5H,4H2,1-3H3,(H3,11,13,16). The van der Waals surface area contributed by atoms with E-state index in [1.807, 2.05) is 5.43 Å². The Labute approximate surface area is 104 Å². The molecular formula is C10H15N3O5. The lowest BCUT2D eigenvalue weighted by molar-refractivity contribution is -0.139. The first-order valence-electron chi connectivity index (χ1n) is 4.99. The van der Waals surface area contributed by atoms with Crippen LogP contribution < -0.4 is 11.2 Å². The predicted octanol–water partition coefficient (Wildman–Crippen LogP) is -0.307. The molecule has 0 bridgehead atoms. The number of hydrogen-bond donors (Lipinski definition) is 2. The summed E-state index contributed by atoms with van der Waals surface area (Å²) in [7, 11) is 1.16. The molecule has 0 aliphatic carbocycles. The molecule has 8 nitrogen and oxygen atoms in total. The highest BCUT2D eigenvalue weighted by Gasteiger charge is 2.16. The largest absolute Gasteiger partial charge is 0.466 e. The Morgan fingerprint density at radius 3 is 2.44 bits per heavy atom. The SMILES string of the molecule is CCOC(=O)C(=CC(=O)OC)C(C)=NNC(N)=O. The van der Waals surface area contributed by atoms with Gasteiger partial charge in [0.2, 0.25) is 0 Å². The summed E-state index contributed by atoms with van der Waals surface area (Å²) in [6.07, 6.45) is 0.916. The predicted molar refractivity (Wildman–Crippen MR) is 62.6 cm³/mol. The molecular weight excluding hydrogens is 242 g/mol. The maximum atomic E-state index is 11.6. The summed E-state index contributed by atoms with van der Waals surface area (Å²) < 4.78 is 9.13. The van der Waals surface area contributed by atoms with Gasteiger partial charge in [-0.05, 0) is 13.8 Å². The maximum absolute atomic E-state index is 11.6. The van der Waals surface area contributed by atoms with Gasteiger partial charge in [-0.1, -0.05) is 0 Å². The fraction of sp³-hybridized carbons (Fsp3) is 0.400. The van der Waals surface area contributed by atoms with Crippen molar-refractivity contribution in [3.8, 4) is 0 Å². The van der Waals surface area contributed by atoms with Crippen LogP contribution in [0, 0.1) is 0 Å². The molecule has 8 heteroatoms. The average molecular weight is 257 g/mol. The van der Waals surface area contributed by atoms with Gasteiger partial charge in [0.1, 0.15) is 0 Å². The smallest absolute Gasteiger partial charge is 0.340 e. The topological polar surface area (TPSA) is 120 Å². The van der Waals surface area contributed by atoms with Crippen LogP contribution in [0.1, 0.15) is 13.8 Å². The van der Waals surface area contributed by atoms with Gasteiger partial charge in [-0.3, -0.25) is 0 Å². The van der Waals surface area contributed by atoms with E-state index in [9.17, 15) is 14.4 Å². The van der Waals surface area contributed by atoms with Crippen LogP contribution in [0.4, 0.5) is 4.79 Å². The molecule has 0 rings (SSSR count). The molecule has 0 radical (unpaired) electrons. The first-order chi connectivity index (χ1) is 8.42. The third-order valence-electron chi connectivity index (χ3n) is 1.68. The third kappa shape index (κ3) is 5.64. The Bertz CT molecular complexity index is 400. The Morgan fingerprint density at radius 1 is 1.39 bits per heavy atom. The number of hydrazone groups is 1. The zero-order valence-electron chi connectivity index (χ0n) is 10.4. The first kappa shape index (κ1) is 15.6. The fourth-order valence-electron chi connectivity index (χ4n) is 0.896. The summed E-state index contributed by atoms with van der Waals surface area (Å²) in [5, 5.41) is 3.53. The fourth-order valence-corrected chi connectivity index (χ4v) is 0.896. The third-order valence-corrected chi connectivity index (χ3v) is 1.68. The van der Waals surface area contributed by atoms with Gasteiger partial charge in [0.05, 0.1) is 25.0 Å². The number of nitrogens with one attached hydrogen (secondary N) is 1. The summed E-state index contributed by atoms with van der Waals surface area (Å²) in [6.45, 7) is 3.15. The Balaban J connectivity index is 5.15. The minimum Gasteiger partial charge on any atom is -0.466 e. The number of carbonyl (C=O) groups excluding carboxylic acids is 3. The highest BCUT2D eigenvalue weighted by molar-refractivity contribution is 6.21. The molecule has 0 spiro atoms. The van der Waals surface area contributed by atoms with Crippen LogP contribution in [0.25, 0.3) is 0 Å². The van der Waals surface area contributed by atoms with Crippen LogP contribution in [0.15, 0.2) is 16.8 Å². The van der Waals surface area contributed by atoms with Crippen LogP contribution in [0.3, 0.4) is 0 Å². The van der Waals surface area contributed by atoms with Crippen molar-refractivity contribution >= 4 is 23.7 Å². The van der Waals surface area contributed by atoms with Crippen molar-refractivity contribution in [1.82, 2.24) is 5.43 Å². The zero-order chi connectivity index (χ0) is 14.1. The first-order valence-corrected chi connectivity index (χ1v) is 4.99. The Hall–Kier alpha value is -2.38. The second-order valence-corrected chi connectivity index (χ2v) is 2.97. The molecule has 0 saturated heterocycles. The number of amides is 2. The summed E-state index contributed by atoms with van der Waals surface area (Å²) in [6, 6.07) is -0.893. The van der Waals surface area contributed by atoms with Crippen LogP contribution in [-0.4, -0.2) is 37.4 Å². The number of nitrogens with zero attached hydrogens (tertiary/aromatic N) is 1. The summed E-state index contributed by atoms with van der Waals surface area (Å²) in [5.41, 5.74) is 6.70. The van der Waals surface area contributed by atoms with E-state index in [4.69, 9.17) is 10.5 Å². The van der Waals surface area contributed by atoms with Crippen LogP contribution in [0.5, 0.6) is 0 Å². The van der Waals surface area contributed by atoms with Crippen molar-refractivity contribution in [2.75, 3.05) is 13.7 Å². The van der Waals surface area contributed by atoms with Gasteiger partial charge in [-0.15, -0.1) is 0 Å². The van der Waals surface area contributed by atoms with Crippen molar-refractivity contribution in [3.63, 3.8) is 0 Å². The minimum atomic E-state index is -0.893. The molecule has 0 aromatic heterocycles. The lowest BCUT2D eigenvalue weighted by atomic mass is 10.1. The monoisotopic (exact) mass is 257 g/mol. The quantitative estimate of drug-likeness (QED) is 0.303. The van der Waals surface area contributed by atoms with Crippen molar-refractivity contribution in [2.24, 2.45) is 10.8 Å². The molecule has 0 atom stereocenters. The maximum Gasteiger partial charge on any atom is 0.340 e. The molecule has 0 unspecified atom stereocenters. The van der Waals surface area contributed by atoms with Gasteiger partial charge < -0.3 is 15.2 Å². The highest BCUT2D eigenvalue weighted by Crippen LogP contribution is 2.02. The lowest BCUT2D eigenvalue weighted by Gasteiger charge is -2.06. The normalized spacial score (nSPS) is 11.7. The van der Waals surface area contributed by atoms with Crippen molar-refractivity contribution in [3.05, 3.63) is 11.6 Å². The number of ether oxygens (including phenoxy) is 2. The zero-order valence-corrected chi connectivity index (χ0v) is 10.4.